The highest BCUT2D eigenvalue weighted by Crippen LogP contribution is 2.38. The predicted molar refractivity (Wildman–Crippen MR) is 80.8 cm³/mol. The summed E-state index contributed by atoms with van der Waals surface area (Å²) in [7, 11) is 2.05. The van der Waals surface area contributed by atoms with E-state index in [1.807, 2.05) is 0 Å². The molecule has 1 aromatic rings. The topological polar surface area (TPSA) is 34.2 Å². The van der Waals surface area contributed by atoms with Crippen LogP contribution in [-0.2, 0) is 15.7 Å². The van der Waals surface area contributed by atoms with E-state index in [0.29, 0.717) is 6.10 Å². The zero-order valence-electron chi connectivity index (χ0n) is 12.7. The Morgan fingerprint density at radius 1 is 1.53 bits per heavy atom. The normalized spacial score (nSPS) is 28.6. The van der Waals surface area contributed by atoms with Crippen molar-refractivity contribution in [1.29, 1.82) is 0 Å². The van der Waals surface area contributed by atoms with Crippen molar-refractivity contribution in [3.05, 3.63) is 16.1 Å². The molecule has 1 saturated heterocycles. The number of hydrogen-bond acceptors (Lipinski definition) is 4. The van der Waals surface area contributed by atoms with Gasteiger partial charge in [0, 0.05) is 17.4 Å². The van der Waals surface area contributed by atoms with Crippen molar-refractivity contribution in [1.82, 2.24) is 10.3 Å². The van der Waals surface area contributed by atoms with Crippen molar-refractivity contribution in [3.8, 4) is 0 Å². The first-order valence-electron chi connectivity index (χ1n) is 7.18. The van der Waals surface area contributed by atoms with Crippen LogP contribution in [0.15, 0.2) is 5.38 Å². The number of rotatable bonds is 3. The van der Waals surface area contributed by atoms with Crippen LogP contribution in [0.2, 0.25) is 0 Å². The van der Waals surface area contributed by atoms with Crippen molar-refractivity contribution in [2.45, 2.75) is 64.0 Å². The van der Waals surface area contributed by atoms with Crippen LogP contribution in [0.5, 0.6) is 0 Å². The van der Waals surface area contributed by atoms with E-state index < -0.39 is 0 Å². The molecule has 2 atom stereocenters. The lowest BCUT2D eigenvalue weighted by atomic mass is 9.86. The van der Waals surface area contributed by atoms with Gasteiger partial charge < -0.3 is 10.1 Å². The van der Waals surface area contributed by atoms with E-state index >= 15 is 0 Å². The first kappa shape index (κ1) is 14.9. The average molecular weight is 282 g/mol. The second kappa shape index (κ2) is 5.51. The lowest BCUT2D eigenvalue weighted by Crippen LogP contribution is -2.47. The van der Waals surface area contributed by atoms with E-state index in [4.69, 9.17) is 9.72 Å². The van der Waals surface area contributed by atoms with Crippen molar-refractivity contribution in [3.63, 3.8) is 0 Å². The van der Waals surface area contributed by atoms with E-state index in [2.05, 4.69) is 45.4 Å². The van der Waals surface area contributed by atoms with Crippen molar-refractivity contribution < 1.29 is 4.74 Å². The summed E-state index contributed by atoms with van der Waals surface area (Å²) in [5, 5.41) is 6.97. The Bertz CT molecular complexity index is 424. The Kier molecular flexibility index (Phi) is 4.33. The molecule has 2 heterocycles. The van der Waals surface area contributed by atoms with Gasteiger partial charge in [-0.15, -0.1) is 11.3 Å². The molecule has 19 heavy (non-hydrogen) atoms. The van der Waals surface area contributed by atoms with Crippen molar-refractivity contribution >= 4 is 11.3 Å². The monoisotopic (exact) mass is 282 g/mol. The molecule has 1 aromatic heterocycles. The fourth-order valence-electron chi connectivity index (χ4n) is 2.58. The van der Waals surface area contributed by atoms with Gasteiger partial charge in [0.2, 0.25) is 0 Å². The Balaban J connectivity index is 2.28. The van der Waals surface area contributed by atoms with Crippen molar-refractivity contribution in [2.75, 3.05) is 13.7 Å². The molecule has 0 spiro atoms. The van der Waals surface area contributed by atoms with E-state index in [-0.39, 0.29) is 11.0 Å². The molecule has 1 aliphatic heterocycles. The summed E-state index contributed by atoms with van der Waals surface area (Å²) >= 11 is 1.79. The number of thiazole rings is 1. The number of nitrogens with one attached hydrogen (secondary N) is 1. The molecule has 0 amide bonds. The van der Waals surface area contributed by atoms with Crippen LogP contribution >= 0.6 is 11.3 Å². The molecule has 1 N–H and O–H groups in total. The summed E-state index contributed by atoms with van der Waals surface area (Å²) in [4.78, 5) is 4.92. The summed E-state index contributed by atoms with van der Waals surface area (Å²) in [6.45, 7) is 9.67. The van der Waals surface area contributed by atoms with Gasteiger partial charge in [0.05, 0.1) is 17.3 Å². The molecule has 1 aliphatic rings. The summed E-state index contributed by atoms with van der Waals surface area (Å²) in [6.07, 6.45) is 3.46. The number of hydrogen-bond donors (Lipinski definition) is 1. The first-order valence-corrected chi connectivity index (χ1v) is 8.06. The summed E-state index contributed by atoms with van der Waals surface area (Å²) in [6, 6.07) is 0. The number of aromatic nitrogens is 1. The maximum atomic E-state index is 5.82. The maximum absolute atomic E-state index is 5.82. The van der Waals surface area contributed by atoms with Crippen molar-refractivity contribution in [2.24, 2.45) is 0 Å². The van der Waals surface area contributed by atoms with E-state index in [9.17, 15) is 0 Å². The third-order valence-corrected chi connectivity index (χ3v) is 5.12. The summed E-state index contributed by atoms with van der Waals surface area (Å²) < 4.78 is 5.82. The standard InChI is InChI=1S/C15H26N2OS/c1-6-11-9-15(16-5,7-8-18-11)13-17-12(10-19-13)14(2,3)4/h10-11,16H,6-9H2,1-5H3. The highest BCUT2D eigenvalue weighted by Gasteiger charge is 2.39. The molecule has 0 radical (unpaired) electrons. The lowest BCUT2D eigenvalue weighted by molar-refractivity contribution is -0.0303. The fraction of sp³-hybridized carbons (Fsp3) is 0.800. The van der Waals surface area contributed by atoms with Crippen LogP contribution in [-0.4, -0.2) is 24.7 Å². The third kappa shape index (κ3) is 3.01. The molecule has 108 valence electrons. The molecule has 0 bridgehead atoms. The summed E-state index contributed by atoms with van der Waals surface area (Å²) in [5.41, 5.74) is 1.33. The van der Waals surface area contributed by atoms with Crippen LogP contribution in [0.3, 0.4) is 0 Å². The summed E-state index contributed by atoms with van der Waals surface area (Å²) in [5.74, 6) is 0. The molecule has 1 fully saturated rings. The Hall–Kier alpha value is -0.450. The highest BCUT2D eigenvalue weighted by molar-refractivity contribution is 7.09. The minimum absolute atomic E-state index is 0.00704. The zero-order valence-corrected chi connectivity index (χ0v) is 13.6. The average Bonchev–Trinajstić information content (AvgIpc) is 2.88. The Morgan fingerprint density at radius 2 is 2.26 bits per heavy atom. The lowest BCUT2D eigenvalue weighted by Gasteiger charge is -2.39. The Morgan fingerprint density at radius 3 is 2.79 bits per heavy atom. The van der Waals surface area contributed by atoms with E-state index in [1.165, 1.54) is 10.7 Å². The molecule has 4 heteroatoms. The zero-order chi connectivity index (χ0) is 14.1. The Labute approximate surface area is 120 Å². The van der Waals surface area contributed by atoms with Crippen LogP contribution < -0.4 is 5.32 Å². The number of ether oxygens (including phenoxy) is 1. The largest absolute Gasteiger partial charge is 0.378 e. The SMILES string of the molecule is CCC1CC(NC)(c2nc(C(C)(C)C)cs2)CCO1. The molecule has 3 nitrogen and oxygen atoms in total. The van der Waals surface area contributed by atoms with Gasteiger partial charge in [0.15, 0.2) is 0 Å². The molecule has 0 aliphatic carbocycles. The minimum atomic E-state index is 0.00704. The van der Waals surface area contributed by atoms with E-state index in [1.54, 1.807) is 11.3 Å². The van der Waals surface area contributed by atoms with Gasteiger partial charge in [-0.3, -0.25) is 0 Å². The van der Waals surface area contributed by atoms with E-state index in [0.717, 1.165) is 25.9 Å². The third-order valence-electron chi connectivity index (χ3n) is 4.07. The smallest absolute Gasteiger partial charge is 0.113 e. The predicted octanol–water partition coefficient (Wildman–Crippen LogP) is 3.44. The second-order valence-electron chi connectivity index (χ2n) is 6.48. The molecule has 2 unspecified atom stereocenters. The number of nitrogens with zero attached hydrogens (tertiary/aromatic N) is 1. The molecular formula is C15H26N2OS. The van der Waals surface area contributed by atoms with Gasteiger partial charge in [-0.2, -0.15) is 0 Å². The molecule has 0 aromatic carbocycles. The fourth-order valence-corrected chi connectivity index (χ4v) is 3.87. The van der Waals surface area contributed by atoms with Crippen LogP contribution in [0.25, 0.3) is 0 Å². The van der Waals surface area contributed by atoms with Gasteiger partial charge in [-0.25, -0.2) is 4.98 Å². The molecular weight excluding hydrogens is 256 g/mol. The van der Waals surface area contributed by atoms with Gasteiger partial charge in [0.1, 0.15) is 5.01 Å². The quantitative estimate of drug-likeness (QED) is 0.922. The first-order chi connectivity index (χ1) is 8.91. The van der Waals surface area contributed by atoms with Gasteiger partial charge in [-0.05, 0) is 26.3 Å². The van der Waals surface area contributed by atoms with Gasteiger partial charge >= 0.3 is 0 Å². The molecule has 2 rings (SSSR count). The van der Waals surface area contributed by atoms with Gasteiger partial charge in [0.25, 0.3) is 0 Å². The maximum Gasteiger partial charge on any atom is 0.113 e. The second-order valence-corrected chi connectivity index (χ2v) is 7.33. The van der Waals surface area contributed by atoms with Crippen LogP contribution in [0, 0.1) is 0 Å². The minimum Gasteiger partial charge on any atom is -0.378 e. The molecule has 0 saturated carbocycles. The van der Waals surface area contributed by atoms with Gasteiger partial charge in [-0.1, -0.05) is 27.7 Å². The van der Waals surface area contributed by atoms with Crippen LogP contribution in [0.1, 0.15) is 57.7 Å². The highest BCUT2D eigenvalue weighted by atomic mass is 32.1. The van der Waals surface area contributed by atoms with Crippen LogP contribution in [0.4, 0.5) is 0 Å².